The Morgan fingerprint density at radius 2 is 2.00 bits per heavy atom. The zero-order valence-electron chi connectivity index (χ0n) is 11.6. The summed E-state index contributed by atoms with van der Waals surface area (Å²) >= 11 is 0. The summed E-state index contributed by atoms with van der Waals surface area (Å²) in [5, 5.41) is 0. The van der Waals surface area contributed by atoms with Crippen LogP contribution in [0.2, 0.25) is 0 Å². The van der Waals surface area contributed by atoms with Gasteiger partial charge in [-0.25, -0.2) is 0 Å². The van der Waals surface area contributed by atoms with Gasteiger partial charge in [0.15, 0.2) is 0 Å². The zero-order chi connectivity index (χ0) is 13.8. The molecule has 0 saturated heterocycles. The third kappa shape index (κ3) is 3.32. The van der Waals surface area contributed by atoms with Gasteiger partial charge >= 0.3 is 0 Å². The maximum absolute atomic E-state index is 6.32. The summed E-state index contributed by atoms with van der Waals surface area (Å²) in [5.74, 6) is 0.851. The monoisotopic (exact) mass is 256 g/mol. The molecule has 1 unspecified atom stereocenters. The van der Waals surface area contributed by atoms with E-state index in [2.05, 4.69) is 4.98 Å². The van der Waals surface area contributed by atoms with Gasteiger partial charge in [-0.15, -0.1) is 0 Å². The second-order valence-corrected chi connectivity index (χ2v) is 4.95. The molecular formula is C16H20N2O. The highest BCUT2D eigenvalue weighted by Crippen LogP contribution is 2.25. The molecule has 100 valence electrons. The Bertz CT molecular complexity index is 552. The molecule has 0 spiro atoms. The van der Waals surface area contributed by atoms with Crippen LogP contribution in [0.4, 0.5) is 0 Å². The minimum atomic E-state index is -0.176. The number of benzene rings is 1. The van der Waals surface area contributed by atoms with Gasteiger partial charge in [0.2, 0.25) is 0 Å². The van der Waals surface area contributed by atoms with Gasteiger partial charge in [0, 0.05) is 12.4 Å². The summed E-state index contributed by atoms with van der Waals surface area (Å²) in [5.41, 5.74) is 9.55. The average molecular weight is 256 g/mol. The third-order valence-electron chi connectivity index (χ3n) is 3.00. The molecule has 3 nitrogen and oxygen atoms in total. The van der Waals surface area contributed by atoms with Crippen molar-refractivity contribution in [1.29, 1.82) is 0 Å². The van der Waals surface area contributed by atoms with E-state index < -0.39 is 0 Å². The Hall–Kier alpha value is -1.87. The number of nitrogens with two attached hydrogens (primary N) is 1. The normalized spacial score (nSPS) is 12.5. The van der Waals surface area contributed by atoms with E-state index in [-0.39, 0.29) is 12.1 Å². The second-order valence-electron chi connectivity index (χ2n) is 4.95. The first kappa shape index (κ1) is 13.6. The molecule has 0 aliphatic carbocycles. The fourth-order valence-electron chi connectivity index (χ4n) is 2.03. The first-order valence-corrected chi connectivity index (χ1v) is 6.50. The number of nitrogens with zero attached hydrogens (tertiary/aromatic N) is 1. The smallest absolute Gasteiger partial charge is 0.120 e. The van der Waals surface area contributed by atoms with Gasteiger partial charge in [-0.3, -0.25) is 4.98 Å². The standard InChI is InChI=1S/C16H20N2O/c1-11(2)19-14-6-4-5-13(9-14)16(17)15-10-18-8-7-12(15)3/h4-11,16H,17H2,1-3H3. The van der Waals surface area contributed by atoms with Crippen molar-refractivity contribution >= 4 is 0 Å². The van der Waals surface area contributed by atoms with Crippen molar-refractivity contribution in [2.75, 3.05) is 0 Å². The van der Waals surface area contributed by atoms with E-state index in [0.29, 0.717) is 0 Å². The number of aryl methyl sites for hydroxylation is 1. The van der Waals surface area contributed by atoms with Crippen LogP contribution in [0.3, 0.4) is 0 Å². The summed E-state index contributed by atoms with van der Waals surface area (Å²) in [6, 6.07) is 9.74. The molecular weight excluding hydrogens is 236 g/mol. The van der Waals surface area contributed by atoms with Crippen molar-refractivity contribution in [2.45, 2.75) is 32.9 Å². The molecule has 1 aromatic heterocycles. The predicted octanol–water partition coefficient (Wildman–Crippen LogP) is 3.23. The lowest BCUT2D eigenvalue weighted by molar-refractivity contribution is 0.242. The lowest BCUT2D eigenvalue weighted by Gasteiger charge is -2.16. The molecule has 19 heavy (non-hydrogen) atoms. The lowest BCUT2D eigenvalue weighted by Crippen LogP contribution is -2.14. The molecule has 0 saturated carbocycles. The van der Waals surface area contributed by atoms with Crippen LogP contribution in [-0.4, -0.2) is 11.1 Å². The van der Waals surface area contributed by atoms with Crippen LogP contribution in [0.15, 0.2) is 42.7 Å². The van der Waals surface area contributed by atoms with Crippen LogP contribution in [0.1, 0.15) is 36.6 Å². The van der Waals surface area contributed by atoms with Gasteiger partial charge in [0.1, 0.15) is 5.75 Å². The Balaban J connectivity index is 2.29. The highest BCUT2D eigenvalue weighted by Gasteiger charge is 2.12. The summed E-state index contributed by atoms with van der Waals surface area (Å²) in [4.78, 5) is 4.15. The summed E-state index contributed by atoms with van der Waals surface area (Å²) in [6.45, 7) is 6.07. The largest absolute Gasteiger partial charge is 0.491 e. The Kier molecular flexibility index (Phi) is 4.17. The van der Waals surface area contributed by atoms with Gasteiger partial charge in [-0.05, 0) is 55.7 Å². The average Bonchev–Trinajstić information content (AvgIpc) is 2.38. The zero-order valence-corrected chi connectivity index (χ0v) is 11.6. The third-order valence-corrected chi connectivity index (χ3v) is 3.00. The van der Waals surface area contributed by atoms with E-state index in [0.717, 1.165) is 22.4 Å². The number of pyridine rings is 1. The van der Waals surface area contributed by atoms with Crippen molar-refractivity contribution in [3.8, 4) is 5.75 Å². The molecule has 0 bridgehead atoms. The Labute approximate surface area is 114 Å². The fraction of sp³-hybridized carbons (Fsp3) is 0.312. The van der Waals surface area contributed by atoms with Crippen molar-refractivity contribution in [3.63, 3.8) is 0 Å². The first-order valence-electron chi connectivity index (χ1n) is 6.50. The summed E-state index contributed by atoms with van der Waals surface area (Å²) < 4.78 is 5.70. The van der Waals surface area contributed by atoms with Crippen molar-refractivity contribution in [1.82, 2.24) is 4.98 Å². The maximum Gasteiger partial charge on any atom is 0.120 e. The van der Waals surface area contributed by atoms with Gasteiger partial charge < -0.3 is 10.5 Å². The van der Waals surface area contributed by atoms with Crippen molar-refractivity contribution in [3.05, 3.63) is 59.4 Å². The second kappa shape index (κ2) is 5.85. The van der Waals surface area contributed by atoms with Gasteiger partial charge in [0.25, 0.3) is 0 Å². The van der Waals surface area contributed by atoms with E-state index >= 15 is 0 Å². The Morgan fingerprint density at radius 1 is 1.21 bits per heavy atom. The predicted molar refractivity (Wildman–Crippen MR) is 77.2 cm³/mol. The first-order chi connectivity index (χ1) is 9.08. The molecule has 0 aliphatic heterocycles. The molecule has 1 heterocycles. The van der Waals surface area contributed by atoms with Crippen molar-refractivity contribution < 1.29 is 4.74 Å². The topological polar surface area (TPSA) is 48.1 Å². The molecule has 1 aromatic carbocycles. The molecule has 0 radical (unpaired) electrons. The van der Waals surface area contributed by atoms with E-state index in [1.54, 1.807) is 6.20 Å². The fourth-order valence-corrected chi connectivity index (χ4v) is 2.03. The van der Waals surface area contributed by atoms with Gasteiger partial charge in [-0.1, -0.05) is 12.1 Å². The molecule has 1 atom stereocenters. The SMILES string of the molecule is Cc1ccncc1C(N)c1cccc(OC(C)C)c1. The van der Waals surface area contributed by atoms with Crippen LogP contribution < -0.4 is 10.5 Å². The van der Waals surface area contributed by atoms with Crippen LogP contribution in [0, 0.1) is 6.92 Å². The molecule has 2 N–H and O–H groups in total. The highest BCUT2D eigenvalue weighted by atomic mass is 16.5. The van der Waals surface area contributed by atoms with E-state index in [9.17, 15) is 0 Å². The van der Waals surface area contributed by atoms with Crippen LogP contribution >= 0.6 is 0 Å². The number of hydrogen-bond donors (Lipinski definition) is 1. The van der Waals surface area contributed by atoms with E-state index in [1.807, 2.05) is 57.3 Å². The molecule has 0 aliphatic rings. The molecule has 0 amide bonds. The van der Waals surface area contributed by atoms with E-state index in [4.69, 9.17) is 10.5 Å². The molecule has 2 aromatic rings. The maximum atomic E-state index is 6.32. The molecule has 0 fully saturated rings. The van der Waals surface area contributed by atoms with Gasteiger partial charge in [-0.2, -0.15) is 0 Å². The molecule has 2 rings (SSSR count). The Morgan fingerprint density at radius 3 is 2.68 bits per heavy atom. The van der Waals surface area contributed by atoms with Crippen LogP contribution in [0.5, 0.6) is 5.75 Å². The minimum Gasteiger partial charge on any atom is -0.491 e. The number of hydrogen-bond acceptors (Lipinski definition) is 3. The van der Waals surface area contributed by atoms with Crippen LogP contribution in [-0.2, 0) is 0 Å². The molecule has 3 heteroatoms. The lowest BCUT2D eigenvalue weighted by atomic mass is 9.97. The van der Waals surface area contributed by atoms with E-state index in [1.165, 1.54) is 0 Å². The van der Waals surface area contributed by atoms with Crippen LogP contribution in [0.25, 0.3) is 0 Å². The quantitative estimate of drug-likeness (QED) is 0.913. The summed E-state index contributed by atoms with van der Waals surface area (Å²) in [6.07, 6.45) is 3.77. The number of aromatic nitrogens is 1. The minimum absolute atomic E-state index is 0.159. The van der Waals surface area contributed by atoms with Gasteiger partial charge in [0.05, 0.1) is 12.1 Å². The highest BCUT2D eigenvalue weighted by molar-refractivity contribution is 5.38. The number of rotatable bonds is 4. The van der Waals surface area contributed by atoms with Crippen molar-refractivity contribution in [2.24, 2.45) is 5.73 Å². The number of ether oxygens (including phenoxy) is 1. The summed E-state index contributed by atoms with van der Waals surface area (Å²) in [7, 11) is 0.